The Labute approximate surface area is 171 Å². The molecule has 0 radical (unpaired) electrons. The third kappa shape index (κ3) is 5.68. The number of nitrogens with two attached hydrogens (primary N) is 1. The molecule has 2 heterocycles. The first kappa shape index (κ1) is 23.9. The molecule has 3 rings (SSSR count). The number of nitrogens with one attached hydrogen (secondary N) is 1. The van der Waals surface area contributed by atoms with Gasteiger partial charge in [0, 0.05) is 45.1 Å². The molecule has 154 valence electrons. The fourth-order valence-corrected chi connectivity index (χ4v) is 3.46. The Kier molecular flexibility index (Phi) is 9.76. The van der Waals surface area contributed by atoms with Gasteiger partial charge in [0.25, 0.3) is 0 Å². The van der Waals surface area contributed by atoms with Crippen molar-refractivity contribution in [2.75, 3.05) is 51.0 Å². The Balaban J connectivity index is 0.00000182. The number of carbonyl (C=O) groups is 1. The van der Waals surface area contributed by atoms with Crippen molar-refractivity contribution in [3.8, 4) is 0 Å². The Bertz CT molecular complexity index is 610. The summed E-state index contributed by atoms with van der Waals surface area (Å²) in [5, 5.41) is 2.97. The smallest absolute Gasteiger partial charge is 0.227 e. The van der Waals surface area contributed by atoms with Crippen LogP contribution in [0.15, 0.2) is 18.2 Å². The van der Waals surface area contributed by atoms with E-state index in [-0.39, 0.29) is 43.1 Å². The summed E-state index contributed by atoms with van der Waals surface area (Å²) < 4.78 is 24.5. The fourth-order valence-electron chi connectivity index (χ4n) is 3.46. The third-order valence-electron chi connectivity index (χ3n) is 5.16. The summed E-state index contributed by atoms with van der Waals surface area (Å²) in [4.78, 5) is 14.9. The van der Waals surface area contributed by atoms with Crippen LogP contribution in [0.25, 0.3) is 0 Å². The van der Waals surface area contributed by atoms with Crippen LogP contribution in [0, 0.1) is 11.2 Å². The second kappa shape index (κ2) is 11.0. The van der Waals surface area contributed by atoms with Crippen LogP contribution in [0.4, 0.5) is 10.1 Å². The van der Waals surface area contributed by atoms with Crippen LogP contribution in [0.1, 0.15) is 18.4 Å². The van der Waals surface area contributed by atoms with Crippen molar-refractivity contribution in [1.82, 2.24) is 5.32 Å². The lowest BCUT2D eigenvalue weighted by Crippen LogP contribution is -2.49. The number of carbonyl (C=O) groups excluding carboxylic acids is 1. The lowest BCUT2D eigenvalue weighted by atomic mass is 9.79. The molecule has 27 heavy (non-hydrogen) atoms. The number of benzene rings is 1. The molecular formula is C18H28Cl2FN3O3. The highest BCUT2D eigenvalue weighted by Gasteiger charge is 2.38. The number of nitrogens with zero attached hydrogens (tertiary/aromatic N) is 1. The van der Waals surface area contributed by atoms with Gasteiger partial charge in [-0.3, -0.25) is 4.79 Å². The maximum atomic E-state index is 13.7. The van der Waals surface area contributed by atoms with Crippen LogP contribution in [0.2, 0.25) is 0 Å². The lowest BCUT2D eigenvalue weighted by Gasteiger charge is -2.35. The lowest BCUT2D eigenvalue weighted by molar-refractivity contribution is -0.136. The minimum Gasteiger partial charge on any atom is -0.381 e. The van der Waals surface area contributed by atoms with Gasteiger partial charge in [0.2, 0.25) is 5.91 Å². The molecule has 0 atom stereocenters. The number of anilines is 1. The van der Waals surface area contributed by atoms with Gasteiger partial charge in [-0.25, -0.2) is 4.39 Å². The first-order chi connectivity index (χ1) is 12.1. The molecule has 2 aliphatic heterocycles. The molecular weight excluding hydrogens is 396 g/mol. The summed E-state index contributed by atoms with van der Waals surface area (Å²) in [6.07, 6.45) is 1.24. The summed E-state index contributed by atoms with van der Waals surface area (Å²) in [7, 11) is 0. The van der Waals surface area contributed by atoms with Gasteiger partial charge in [-0.05, 0) is 36.6 Å². The zero-order chi connectivity index (χ0) is 17.7. The Morgan fingerprint density at radius 3 is 2.41 bits per heavy atom. The van der Waals surface area contributed by atoms with E-state index in [4.69, 9.17) is 15.2 Å². The molecule has 3 N–H and O–H groups in total. The standard InChI is InChI=1S/C18H26FN3O3.2ClH/c19-15-1-2-16(22-5-9-25-10-6-22)14(11-15)12-21-17(23)18(13-20)3-7-24-8-4-18;;/h1-2,11H,3-10,12-13,20H2,(H,21,23);2*1H. The Morgan fingerprint density at radius 1 is 1.15 bits per heavy atom. The predicted octanol–water partition coefficient (Wildman–Crippen LogP) is 1.88. The molecule has 2 aliphatic rings. The molecule has 1 aromatic carbocycles. The quantitative estimate of drug-likeness (QED) is 0.755. The minimum absolute atomic E-state index is 0. The van der Waals surface area contributed by atoms with Gasteiger partial charge in [0.05, 0.1) is 18.6 Å². The number of hydrogen-bond donors (Lipinski definition) is 2. The van der Waals surface area contributed by atoms with Crippen LogP contribution in [0.5, 0.6) is 0 Å². The molecule has 9 heteroatoms. The number of rotatable bonds is 5. The number of amides is 1. The van der Waals surface area contributed by atoms with Crippen molar-refractivity contribution in [3.05, 3.63) is 29.6 Å². The van der Waals surface area contributed by atoms with Crippen molar-refractivity contribution in [3.63, 3.8) is 0 Å². The van der Waals surface area contributed by atoms with E-state index in [1.54, 1.807) is 6.07 Å². The first-order valence-electron chi connectivity index (χ1n) is 8.82. The average Bonchev–Trinajstić information content (AvgIpc) is 2.67. The van der Waals surface area contributed by atoms with E-state index in [1.807, 2.05) is 0 Å². The van der Waals surface area contributed by atoms with E-state index in [2.05, 4.69) is 10.2 Å². The number of morpholine rings is 1. The summed E-state index contributed by atoms with van der Waals surface area (Å²) in [6, 6.07) is 4.72. The number of hydrogen-bond acceptors (Lipinski definition) is 5. The summed E-state index contributed by atoms with van der Waals surface area (Å²) in [5.41, 5.74) is 7.02. The molecule has 6 nitrogen and oxygen atoms in total. The van der Waals surface area contributed by atoms with Gasteiger partial charge in [0.1, 0.15) is 5.82 Å². The van der Waals surface area contributed by atoms with E-state index in [0.717, 1.165) is 24.3 Å². The molecule has 2 saturated heterocycles. The Morgan fingerprint density at radius 2 is 1.78 bits per heavy atom. The summed E-state index contributed by atoms with van der Waals surface area (Å²) in [5.74, 6) is -0.378. The van der Waals surface area contributed by atoms with Crippen LogP contribution in [-0.2, 0) is 20.8 Å². The molecule has 0 spiro atoms. The van der Waals surface area contributed by atoms with Crippen LogP contribution in [-0.4, -0.2) is 52.0 Å². The molecule has 0 saturated carbocycles. The normalized spacial score (nSPS) is 18.8. The highest BCUT2D eigenvalue weighted by molar-refractivity contribution is 5.85. The van der Waals surface area contributed by atoms with Crippen molar-refractivity contribution in [2.45, 2.75) is 19.4 Å². The van der Waals surface area contributed by atoms with Crippen molar-refractivity contribution in [2.24, 2.45) is 11.1 Å². The van der Waals surface area contributed by atoms with Gasteiger partial charge in [-0.2, -0.15) is 0 Å². The highest BCUT2D eigenvalue weighted by Crippen LogP contribution is 2.30. The average molecular weight is 424 g/mol. The molecule has 0 unspecified atom stereocenters. The summed E-state index contributed by atoms with van der Waals surface area (Å²) in [6.45, 7) is 4.49. The van der Waals surface area contributed by atoms with E-state index in [1.165, 1.54) is 12.1 Å². The van der Waals surface area contributed by atoms with Crippen molar-refractivity contribution in [1.29, 1.82) is 0 Å². The second-order valence-electron chi connectivity index (χ2n) is 6.65. The van der Waals surface area contributed by atoms with Gasteiger partial charge in [-0.15, -0.1) is 24.8 Å². The maximum absolute atomic E-state index is 13.7. The van der Waals surface area contributed by atoms with E-state index < -0.39 is 5.41 Å². The number of halogens is 3. The third-order valence-corrected chi connectivity index (χ3v) is 5.16. The van der Waals surface area contributed by atoms with Crippen molar-refractivity contribution < 1.29 is 18.7 Å². The van der Waals surface area contributed by atoms with Crippen LogP contribution >= 0.6 is 24.8 Å². The maximum Gasteiger partial charge on any atom is 0.227 e. The first-order valence-corrected chi connectivity index (χ1v) is 8.82. The zero-order valence-corrected chi connectivity index (χ0v) is 16.9. The zero-order valence-electron chi connectivity index (χ0n) is 15.2. The van der Waals surface area contributed by atoms with Gasteiger partial charge < -0.3 is 25.4 Å². The Hall–Kier alpha value is -1.12. The van der Waals surface area contributed by atoms with E-state index >= 15 is 0 Å². The minimum atomic E-state index is -0.579. The van der Waals surface area contributed by atoms with Gasteiger partial charge in [-0.1, -0.05) is 0 Å². The second-order valence-corrected chi connectivity index (χ2v) is 6.65. The SMILES string of the molecule is Cl.Cl.NCC1(C(=O)NCc2cc(F)ccc2N2CCOCC2)CCOCC1. The van der Waals surface area contributed by atoms with Crippen LogP contribution in [0.3, 0.4) is 0 Å². The molecule has 1 amide bonds. The highest BCUT2D eigenvalue weighted by atomic mass is 35.5. The van der Waals surface area contributed by atoms with Crippen molar-refractivity contribution >= 4 is 36.4 Å². The molecule has 1 aromatic rings. The predicted molar refractivity (Wildman–Crippen MR) is 107 cm³/mol. The van der Waals surface area contributed by atoms with Crippen LogP contribution < -0.4 is 16.0 Å². The van der Waals surface area contributed by atoms with Gasteiger partial charge >= 0.3 is 0 Å². The number of ether oxygens (including phenoxy) is 2. The van der Waals surface area contributed by atoms with E-state index in [0.29, 0.717) is 45.8 Å². The van der Waals surface area contributed by atoms with E-state index in [9.17, 15) is 9.18 Å². The molecule has 0 aliphatic carbocycles. The molecule has 2 fully saturated rings. The monoisotopic (exact) mass is 423 g/mol. The topological polar surface area (TPSA) is 76.8 Å². The molecule has 0 aromatic heterocycles. The largest absolute Gasteiger partial charge is 0.381 e. The molecule has 0 bridgehead atoms. The fraction of sp³-hybridized carbons (Fsp3) is 0.611. The van der Waals surface area contributed by atoms with Gasteiger partial charge in [0.15, 0.2) is 0 Å². The summed E-state index contributed by atoms with van der Waals surface area (Å²) >= 11 is 0.